The van der Waals surface area contributed by atoms with Crippen molar-refractivity contribution in [3.63, 3.8) is 0 Å². The molecular formula is C20H23F3O6S2. The number of hydrogen-bond acceptors (Lipinski definition) is 6. The number of rotatable bonds is 4. The standard InChI is InChI=1S/C20H23F3O6S2/c1-19(2,3)28-18(24)27-15-9-10-16-14(13-15)7-6-8-17(16)30(11-4-5-12-30)29-31(25,26)20(21,22)23/h6-10,13H,4-5,11-12H2,1-3H3. The zero-order valence-corrected chi connectivity index (χ0v) is 18.8. The summed E-state index contributed by atoms with van der Waals surface area (Å²) in [6, 6.07) is 9.52. The van der Waals surface area contributed by atoms with Crippen LogP contribution in [0.15, 0.2) is 41.3 Å². The van der Waals surface area contributed by atoms with Crippen molar-refractivity contribution in [2.75, 3.05) is 11.5 Å². The highest BCUT2D eigenvalue weighted by Gasteiger charge is 2.52. The summed E-state index contributed by atoms with van der Waals surface area (Å²) in [5, 5.41) is 1.12. The van der Waals surface area contributed by atoms with E-state index in [2.05, 4.69) is 0 Å². The molecule has 0 saturated carbocycles. The van der Waals surface area contributed by atoms with Crippen molar-refractivity contribution in [2.45, 2.75) is 49.6 Å². The van der Waals surface area contributed by atoms with Crippen LogP contribution >= 0.6 is 10.3 Å². The summed E-state index contributed by atoms with van der Waals surface area (Å²) in [7, 11) is -8.45. The molecule has 0 bridgehead atoms. The van der Waals surface area contributed by atoms with Gasteiger partial charge in [-0.25, -0.2) is 8.42 Å². The number of carbonyl (C=O) groups excluding carboxylic acids is 1. The second-order valence-electron chi connectivity index (χ2n) is 8.10. The number of hydrogen-bond donors (Lipinski definition) is 0. The summed E-state index contributed by atoms with van der Waals surface area (Å²) in [5.74, 6) is 0.632. The van der Waals surface area contributed by atoms with E-state index in [9.17, 15) is 26.4 Å². The lowest BCUT2D eigenvalue weighted by atomic mass is 10.1. The lowest BCUT2D eigenvalue weighted by Gasteiger charge is -2.35. The first-order valence-corrected chi connectivity index (χ1v) is 12.8. The number of benzene rings is 2. The summed E-state index contributed by atoms with van der Waals surface area (Å²) in [4.78, 5) is 12.3. The van der Waals surface area contributed by atoms with E-state index in [1.54, 1.807) is 51.1 Å². The van der Waals surface area contributed by atoms with Gasteiger partial charge in [-0.05, 0) is 68.7 Å². The fourth-order valence-corrected chi connectivity index (χ4v) is 8.71. The number of ether oxygens (including phenoxy) is 2. The molecule has 172 valence electrons. The summed E-state index contributed by atoms with van der Waals surface area (Å²) in [6.07, 6.45) is 0.248. The van der Waals surface area contributed by atoms with E-state index in [0.717, 1.165) is 0 Å². The molecule has 0 aromatic heterocycles. The van der Waals surface area contributed by atoms with Gasteiger partial charge in [0.15, 0.2) is 0 Å². The van der Waals surface area contributed by atoms with Gasteiger partial charge in [0, 0.05) is 16.4 Å². The third kappa shape index (κ3) is 5.27. The lowest BCUT2D eigenvalue weighted by molar-refractivity contribution is -0.0496. The zero-order chi connectivity index (χ0) is 23.1. The van der Waals surface area contributed by atoms with Gasteiger partial charge in [0.05, 0.1) is 0 Å². The number of carbonyl (C=O) groups is 1. The van der Waals surface area contributed by atoms with Crippen LogP contribution in [0.2, 0.25) is 0 Å². The van der Waals surface area contributed by atoms with Gasteiger partial charge < -0.3 is 9.47 Å². The average Bonchev–Trinajstić information content (AvgIpc) is 3.07. The highest BCUT2D eigenvalue weighted by molar-refractivity contribution is 8.33. The van der Waals surface area contributed by atoms with Crippen LogP contribution in [0, 0.1) is 0 Å². The Labute approximate surface area is 180 Å². The molecule has 1 aliphatic rings. The molecular weight excluding hydrogens is 457 g/mol. The Morgan fingerprint density at radius 2 is 1.68 bits per heavy atom. The van der Waals surface area contributed by atoms with E-state index in [0.29, 0.717) is 28.5 Å². The van der Waals surface area contributed by atoms with Crippen molar-refractivity contribution in [3.8, 4) is 5.75 Å². The van der Waals surface area contributed by atoms with Crippen LogP contribution in [0.5, 0.6) is 5.75 Å². The molecule has 0 N–H and O–H groups in total. The molecule has 1 saturated heterocycles. The third-order valence-electron chi connectivity index (χ3n) is 4.50. The minimum Gasteiger partial charge on any atom is -0.428 e. The maximum absolute atomic E-state index is 13.0. The minimum atomic E-state index is -5.75. The lowest BCUT2D eigenvalue weighted by Crippen LogP contribution is -2.27. The van der Waals surface area contributed by atoms with Crippen LogP contribution in [-0.2, 0) is 18.5 Å². The molecule has 2 aromatic carbocycles. The van der Waals surface area contributed by atoms with Crippen LogP contribution in [0.4, 0.5) is 18.0 Å². The monoisotopic (exact) mass is 480 g/mol. The summed E-state index contributed by atoms with van der Waals surface area (Å²) < 4.78 is 77.9. The molecule has 0 atom stereocenters. The highest BCUT2D eigenvalue weighted by Crippen LogP contribution is 2.65. The topological polar surface area (TPSA) is 78.9 Å². The van der Waals surface area contributed by atoms with E-state index in [-0.39, 0.29) is 17.3 Å². The van der Waals surface area contributed by atoms with Gasteiger partial charge in [0.2, 0.25) is 0 Å². The third-order valence-corrected chi connectivity index (χ3v) is 9.88. The Bertz CT molecular complexity index is 1080. The Balaban J connectivity index is 1.99. The summed E-state index contributed by atoms with van der Waals surface area (Å²) in [6.45, 7) is 5.08. The molecule has 3 rings (SSSR count). The number of halogens is 3. The van der Waals surface area contributed by atoms with E-state index in [1.807, 2.05) is 0 Å². The first kappa shape index (κ1) is 23.7. The second-order valence-corrected chi connectivity index (χ2v) is 12.9. The normalized spacial score (nSPS) is 18.0. The smallest absolute Gasteiger partial charge is 0.428 e. The minimum absolute atomic E-state index is 0.193. The molecule has 1 fully saturated rings. The Morgan fingerprint density at radius 3 is 2.26 bits per heavy atom. The SMILES string of the molecule is CC(C)(C)OC(=O)Oc1ccc2c(S3(OS(=O)(=O)C(F)(F)F)CCCC3)cccc2c1. The van der Waals surface area contributed by atoms with Gasteiger partial charge in [-0.2, -0.15) is 21.6 Å². The fraction of sp³-hybridized carbons (Fsp3) is 0.450. The van der Waals surface area contributed by atoms with Crippen LogP contribution in [0.3, 0.4) is 0 Å². The van der Waals surface area contributed by atoms with Gasteiger partial charge in [0.25, 0.3) is 0 Å². The maximum Gasteiger partial charge on any atom is 0.523 e. The zero-order valence-electron chi connectivity index (χ0n) is 17.2. The molecule has 11 heteroatoms. The molecule has 0 spiro atoms. The van der Waals surface area contributed by atoms with E-state index in [4.69, 9.17) is 13.1 Å². The summed E-state index contributed by atoms with van der Waals surface area (Å²) >= 11 is 0. The molecule has 0 unspecified atom stereocenters. The van der Waals surface area contributed by atoms with Crippen LogP contribution in [-0.4, -0.2) is 37.2 Å². The Morgan fingerprint density at radius 1 is 1.03 bits per heavy atom. The van der Waals surface area contributed by atoms with Gasteiger partial charge in [0.1, 0.15) is 11.4 Å². The predicted molar refractivity (Wildman–Crippen MR) is 112 cm³/mol. The van der Waals surface area contributed by atoms with Gasteiger partial charge in [-0.1, -0.05) is 22.4 Å². The van der Waals surface area contributed by atoms with E-state index in [1.165, 1.54) is 6.07 Å². The van der Waals surface area contributed by atoms with Crippen LogP contribution in [0.1, 0.15) is 33.6 Å². The van der Waals surface area contributed by atoms with Crippen LogP contribution < -0.4 is 4.74 Å². The van der Waals surface area contributed by atoms with Gasteiger partial charge >= 0.3 is 21.8 Å². The van der Waals surface area contributed by atoms with Crippen molar-refractivity contribution >= 4 is 37.4 Å². The van der Waals surface area contributed by atoms with Gasteiger partial charge in [-0.3, -0.25) is 0 Å². The Hall–Kier alpha value is -1.98. The van der Waals surface area contributed by atoms with Crippen molar-refractivity contribution in [1.82, 2.24) is 0 Å². The van der Waals surface area contributed by atoms with Crippen molar-refractivity contribution in [2.24, 2.45) is 0 Å². The molecule has 1 aliphatic heterocycles. The molecule has 31 heavy (non-hydrogen) atoms. The van der Waals surface area contributed by atoms with Crippen LogP contribution in [0.25, 0.3) is 10.8 Å². The average molecular weight is 481 g/mol. The molecule has 0 amide bonds. The van der Waals surface area contributed by atoms with Crippen molar-refractivity contribution in [1.29, 1.82) is 0 Å². The molecule has 0 radical (unpaired) electrons. The van der Waals surface area contributed by atoms with Gasteiger partial charge in [-0.15, -0.1) is 0 Å². The molecule has 0 aliphatic carbocycles. The second kappa shape index (κ2) is 8.18. The molecule has 6 nitrogen and oxygen atoms in total. The maximum atomic E-state index is 13.0. The molecule has 1 heterocycles. The first-order chi connectivity index (χ1) is 14.2. The fourth-order valence-electron chi connectivity index (χ4n) is 3.29. The first-order valence-electron chi connectivity index (χ1n) is 9.47. The quantitative estimate of drug-likeness (QED) is 0.308. The van der Waals surface area contributed by atoms with Crippen molar-refractivity contribution < 1.29 is 39.5 Å². The number of alkyl halides is 3. The van der Waals surface area contributed by atoms with Crippen molar-refractivity contribution in [3.05, 3.63) is 36.4 Å². The largest absolute Gasteiger partial charge is 0.523 e. The Kier molecular flexibility index (Phi) is 6.25. The highest BCUT2D eigenvalue weighted by atomic mass is 32.3. The number of fused-ring (bicyclic) bond motifs is 1. The molecule has 2 aromatic rings. The predicted octanol–water partition coefficient (Wildman–Crippen LogP) is 5.89. The van der Waals surface area contributed by atoms with E-state index < -0.39 is 37.7 Å². The van der Waals surface area contributed by atoms with E-state index >= 15 is 0 Å². The summed E-state index contributed by atoms with van der Waals surface area (Å²) in [5.41, 5.74) is -6.23.